The Hall–Kier alpha value is -4.82. The summed E-state index contributed by atoms with van der Waals surface area (Å²) in [6.07, 6.45) is 0.460. The van der Waals surface area contributed by atoms with Gasteiger partial charge in [-0.25, -0.2) is 4.79 Å². The molecule has 0 bridgehead atoms. The van der Waals surface area contributed by atoms with Crippen molar-refractivity contribution in [3.63, 3.8) is 0 Å². The minimum absolute atomic E-state index is 0.000631. The molecule has 0 saturated heterocycles. The van der Waals surface area contributed by atoms with Crippen molar-refractivity contribution in [2.45, 2.75) is 38.6 Å². The molecule has 2 heterocycles. The smallest absolute Gasteiger partial charge is 0.331 e. The molecule has 1 aliphatic rings. The second-order valence-electron chi connectivity index (χ2n) is 10.7. The number of benzene rings is 4. The van der Waals surface area contributed by atoms with Gasteiger partial charge < -0.3 is 24.3 Å². The summed E-state index contributed by atoms with van der Waals surface area (Å²) >= 11 is 6.21. The van der Waals surface area contributed by atoms with Gasteiger partial charge in [0.15, 0.2) is 12.2 Å². The topological polar surface area (TPSA) is 115 Å². The number of rotatable bonds is 4. The molecule has 5 aromatic rings. The Morgan fingerprint density at radius 1 is 1.02 bits per heavy atom. The van der Waals surface area contributed by atoms with Gasteiger partial charge in [0, 0.05) is 29.5 Å². The summed E-state index contributed by atoms with van der Waals surface area (Å²) in [7, 11) is 0. The Labute approximate surface area is 245 Å². The van der Waals surface area contributed by atoms with Crippen LogP contribution in [0.1, 0.15) is 38.0 Å². The van der Waals surface area contributed by atoms with Crippen LogP contribution in [0.25, 0.3) is 38.7 Å². The maximum atomic E-state index is 13.8. The number of halogens is 1. The molecule has 0 spiro atoms. The fraction of sp³-hybridized carbons (Fsp3) is 0.182. The van der Waals surface area contributed by atoms with Crippen LogP contribution in [0.3, 0.4) is 0 Å². The number of aromatic nitrogens is 1. The van der Waals surface area contributed by atoms with E-state index in [2.05, 4.69) is 4.98 Å². The number of hydrogen-bond acceptors (Lipinski definition) is 7. The van der Waals surface area contributed by atoms with E-state index in [1.54, 1.807) is 44.2 Å². The molecule has 0 fully saturated rings. The van der Waals surface area contributed by atoms with Crippen molar-refractivity contribution in [1.82, 2.24) is 4.98 Å². The van der Waals surface area contributed by atoms with E-state index in [-0.39, 0.29) is 28.0 Å². The highest BCUT2D eigenvalue weighted by atomic mass is 35.5. The summed E-state index contributed by atoms with van der Waals surface area (Å²) in [5.41, 5.74) is 0.0169. The molecule has 0 aliphatic carbocycles. The van der Waals surface area contributed by atoms with Crippen LogP contribution in [-0.2, 0) is 19.1 Å². The number of carbonyl (C=O) groups is 2. The lowest BCUT2D eigenvalue weighted by molar-refractivity contribution is -0.185. The third-order valence-electron chi connectivity index (χ3n) is 7.38. The van der Waals surface area contributed by atoms with Gasteiger partial charge in [0.1, 0.15) is 17.1 Å². The molecule has 1 aromatic heterocycles. The second-order valence-corrected chi connectivity index (χ2v) is 11.1. The number of phenols is 1. The zero-order chi connectivity index (χ0) is 29.8. The monoisotopic (exact) mass is 583 g/mol. The van der Waals surface area contributed by atoms with Gasteiger partial charge in [0.2, 0.25) is 5.43 Å². The standard InChI is InChI=1S/C33H26ClNO7/c1-17(36)40-31-28-25(42-33(2,3)32(31)41-26(38)13-12-18-8-6-7-11-22(18)34)16-24(37)27-29(28)35-23-15-20-10-5-4-9-19(20)14-21(23)30(27)39/h4-16,31-32,37H,1-3H3,(H,35,39)/b13-12+. The fourth-order valence-electron chi connectivity index (χ4n) is 5.48. The molecule has 8 nitrogen and oxygen atoms in total. The van der Waals surface area contributed by atoms with E-state index in [1.807, 2.05) is 30.3 Å². The van der Waals surface area contributed by atoms with E-state index in [4.69, 9.17) is 25.8 Å². The number of carbonyl (C=O) groups excluding carboxylic acids is 2. The lowest BCUT2D eigenvalue weighted by Gasteiger charge is -2.43. The quantitative estimate of drug-likeness (QED) is 0.139. The second kappa shape index (κ2) is 10.2. The summed E-state index contributed by atoms with van der Waals surface area (Å²) < 4.78 is 17.9. The van der Waals surface area contributed by atoms with Crippen LogP contribution in [0, 0.1) is 0 Å². The zero-order valence-corrected chi connectivity index (χ0v) is 23.7. The molecule has 0 radical (unpaired) electrons. The number of ether oxygens (including phenoxy) is 3. The maximum absolute atomic E-state index is 13.8. The minimum atomic E-state index is -1.20. The van der Waals surface area contributed by atoms with Crippen molar-refractivity contribution in [2.75, 3.05) is 0 Å². The highest BCUT2D eigenvalue weighted by molar-refractivity contribution is 6.32. The van der Waals surface area contributed by atoms with Crippen molar-refractivity contribution in [3.05, 3.63) is 99.2 Å². The van der Waals surface area contributed by atoms with Gasteiger partial charge in [-0.15, -0.1) is 0 Å². The molecule has 9 heteroatoms. The van der Waals surface area contributed by atoms with Crippen molar-refractivity contribution in [2.24, 2.45) is 0 Å². The molecule has 6 rings (SSSR count). The summed E-state index contributed by atoms with van der Waals surface area (Å²) in [6.45, 7) is 4.60. The number of esters is 2. The van der Waals surface area contributed by atoms with E-state index >= 15 is 0 Å². The molecule has 2 unspecified atom stereocenters. The first-order chi connectivity index (χ1) is 20.0. The highest BCUT2D eigenvalue weighted by Gasteiger charge is 2.50. The fourth-order valence-corrected chi connectivity index (χ4v) is 5.68. The van der Waals surface area contributed by atoms with Gasteiger partial charge in [-0.05, 0) is 54.5 Å². The normalized spacial score (nSPS) is 17.7. The van der Waals surface area contributed by atoms with E-state index in [0.29, 0.717) is 21.5 Å². The molecular weight excluding hydrogens is 558 g/mol. The average Bonchev–Trinajstić information content (AvgIpc) is 2.93. The van der Waals surface area contributed by atoms with Crippen molar-refractivity contribution < 1.29 is 28.9 Å². The number of aromatic hydroxyl groups is 1. The van der Waals surface area contributed by atoms with Crippen molar-refractivity contribution in [3.8, 4) is 11.5 Å². The van der Waals surface area contributed by atoms with E-state index < -0.39 is 35.2 Å². The molecule has 2 N–H and O–H groups in total. The molecule has 212 valence electrons. The minimum Gasteiger partial charge on any atom is -0.507 e. The first-order valence-electron chi connectivity index (χ1n) is 13.3. The van der Waals surface area contributed by atoms with Crippen LogP contribution >= 0.6 is 11.6 Å². The Balaban J connectivity index is 1.52. The molecule has 4 aromatic carbocycles. The van der Waals surface area contributed by atoms with E-state index in [0.717, 1.165) is 10.8 Å². The summed E-state index contributed by atoms with van der Waals surface area (Å²) in [5, 5.41) is 13.6. The van der Waals surface area contributed by atoms with Crippen molar-refractivity contribution in [1.29, 1.82) is 0 Å². The number of aromatic amines is 1. The first-order valence-corrected chi connectivity index (χ1v) is 13.6. The number of hydrogen-bond donors (Lipinski definition) is 2. The number of fused-ring (bicyclic) bond motifs is 5. The lowest BCUT2D eigenvalue weighted by Crippen LogP contribution is -2.52. The number of pyridine rings is 1. The largest absolute Gasteiger partial charge is 0.507 e. The Kier molecular flexibility index (Phi) is 6.66. The highest BCUT2D eigenvalue weighted by Crippen LogP contribution is 2.48. The average molecular weight is 584 g/mol. The Bertz CT molecular complexity index is 2010. The van der Waals surface area contributed by atoms with E-state index in [9.17, 15) is 19.5 Å². The molecule has 2 atom stereocenters. The van der Waals surface area contributed by atoms with Crippen molar-refractivity contribution >= 4 is 62.2 Å². The molecule has 1 aliphatic heterocycles. The Morgan fingerprint density at radius 2 is 1.71 bits per heavy atom. The van der Waals surface area contributed by atoms with Gasteiger partial charge in [0.25, 0.3) is 0 Å². The van der Waals surface area contributed by atoms with Gasteiger partial charge in [-0.1, -0.05) is 54.1 Å². The van der Waals surface area contributed by atoms with Gasteiger partial charge in [-0.3, -0.25) is 9.59 Å². The first kappa shape index (κ1) is 27.4. The Morgan fingerprint density at radius 3 is 2.43 bits per heavy atom. The molecule has 42 heavy (non-hydrogen) atoms. The number of nitrogens with one attached hydrogen (secondary N) is 1. The summed E-state index contributed by atoms with van der Waals surface area (Å²) in [4.78, 5) is 42.5. The predicted molar refractivity (Wildman–Crippen MR) is 161 cm³/mol. The van der Waals surface area contributed by atoms with Crippen LogP contribution in [-0.4, -0.2) is 33.7 Å². The number of phenolic OH excluding ortho intramolecular Hbond substituents is 1. The van der Waals surface area contributed by atoms with Crippen LogP contribution in [0.4, 0.5) is 0 Å². The predicted octanol–water partition coefficient (Wildman–Crippen LogP) is 6.59. The molecule has 0 amide bonds. The lowest BCUT2D eigenvalue weighted by atomic mass is 9.86. The summed E-state index contributed by atoms with van der Waals surface area (Å²) in [6, 6.07) is 19.5. The maximum Gasteiger partial charge on any atom is 0.331 e. The van der Waals surface area contributed by atoms with Gasteiger partial charge in [0.05, 0.1) is 22.0 Å². The molecule has 0 saturated carbocycles. The third kappa shape index (κ3) is 4.73. The van der Waals surface area contributed by atoms with Crippen LogP contribution in [0.15, 0.2) is 77.6 Å². The van der Waals surface area contributed by atoms with Crippen LogP contribution in [0.5, 0.6) is 11.5 Å². The van der Waals surface area contributed by atoms with Gasteiger partial charge in [-0.2, -0.15) is 0 Å². The van der Waals surface area contributed by atoms with E-state index in [1.165, 1.54) is 25.1 Å². The van der Waals surface area contributed by atoms with Crippen LogP contribution in [0.2, 0.25) is 5.02 Å². The number of H-pyrrole nitrogens is 1. The van der Waals surface area contributed by atoms with Crippen LogP contribution < -0.4 is 10.2 Å². The van der Waals surface area contributed by atoms with Gasteiger partial charge >= 0.3 is 11.9 Å². The SMILES string of the molecule is CC(=O)OC1c2c(cc(O)c3c(=O)c4cc5ccccc5cc4[nH]c23)OC(C)(C)C1OC(=O)/C=C/c1ccccc1Cl. The zero-order valence-electron chi connectivity index (χ0n) is 22.9. The third-order valence-corrected chi connectivity index (χ3v) is 7.73. The molecular formula is C33H26ClNO7. The summed E-state index contributed by atoms with van der Waals surface area (Å²) in [5.74, 6) is -1.46.